The number of rotatable bonds is 4. The number of aromatic nitrogens is 2. The average Bonchev–Trinajstić information content (AvgIpc) is 2.74. The molecule has 1 aliphatic carbocycles. The van der Waals surface area contributed by atoms with Gasteiger partial charge in [0, 0.05) is 12.3 Å². The largest absolute Gasteiger partial charge is 0.342 e. The van der Waals surface area contributed by atoms with Gasteiger partial charge < -0.3 is 4.98 Å². The van der Waals surface area contributed by atoms with Crippen molar-refractivity contribution in [2.75, 3.05) is 0 Å². The van der Waals surface area contributed by atoms with Crippen molar-refractivity contribution >= 4 is 12.2 Å². The summed E-state index contributed by atoms with van der Waals surface area (Å²) in [7, 11) is 0. The normalized spacial score (nSPS) is 17.1. The van der Waals surface area contributed by atoms with E-state index in [1.54, 1.807) is 0 Å². The first kappa shape index (κ1) is 12.4. The van der Waals surface area contributed by atoms with Gasteiger partial charge in [0.25, 0.3) is 0 Å². The van der Waals surface area contributed by atoms with Gasteiger partial charge in [-0.15, -0.1) is 0 Å². The molecule has 0 spiro atoms. The smallest absolute Gasteiger partial charge is 0.107 e. The van der Waals surface area contributed by atoms with E-state index in [0.717, 1.165) is 17.6 Å². The molecule has 94 valence electrons. The molecular formula is C15H24N2. The summed E-state index contributed by atoms with van der Waals surface area (Å²) in [5, 5.41) is 2.39. The maximum atomic E-state index is 4.70. The van der Waals surface area contributed by atoms with E-state index in [0.29, 0.717) is 23.7 Å². The molecule has 2 nitrogen and oxygen atoms in total. The monoisotopic (exact) mass is 232 g/mol. The molecule has 17 heavy (non-hydrogen) atoms. The van der Waals surface area contributed by atoms with Crippen LogP contribution < -0.4 is 10.7 Å². The lowest BCUT2D eigenvalue weighted by molar-refractivity contribution is 0.410. The quantitative estimate of drug-likeness (QED) is 0.846. The molecule has 2 atom stereocenters. The summed E-state index contributed by atoms with van der Waals surface area (Å²) in [4.78, 5) is 8.17. The van der Waals surface area contributed by atoms with Gasteiger partial charge in [-0.05, 0) is 23.8 Å². The van der Waals surface area contributed by atoms with Crippen LogP contribution in [0.3, 0.4) is 0 Å². The second-order valence-corrected chi connectivity index (χ2v) is 6.06. The minimum absolute atomic E-state index is 0.556. The standard InChI is InChI=1S/C15H24N2/c1-9(2)11(5)6-15-16-13-7-12(10(3)4)8-14(13)17-15/h7-12H,6H2,1-5H3,(H,16,17). The second kappa shape index (κ2) is 4.67. The van der Waals surface area contributed by atoms with Gasteiger partial charge >= 0.3 is 0 Å². The first-order valence-electron chi connectivity index (χ1n) is 6.76. The van der Waals surface area contributed by atoms with Crippen molar-refractivity contribution in [1.29, 1.82) is 0 Å². The highest BCUT2D eigenvalue weighted by Gasteiger charge is 2.15. The van der Waals surface area contributed by atoms with E-state index in [1.807, 2.05) is 0 Å². The third-order valence-electron chi connectivity index (χ3n) is 3.94. The molecule has 1 N–H and O–H groups in total. The number of nitrogens with zero attached hydrogens (tertiary/aromatic N) is 1. The molecule has 0 radical (unpaired) electrons. The Morgan fingerprint density at radius 1 is 1.18 bits per heavy atom. The zero-order chi connectivity index (χ0) is 12.6. The molecule has 0 aromatic carbocycles. The molecule has 0 amide bonds. The number of hydrogen-bond acceptors (Lipinski definition) is 1. The third kappa shape index (κ3) is 2.62. The van der Waals surface area contributed by atoms with Gasteiger partial charge in [0.1, 0.15) is 5.82 Å². The Hall–Kier alpha value is -1.05. The van der Waals surface area contributed by atoms with E-state index in [2.05, 4.69) is 51.8 Å². The number of aromatic amines is 1. The Labute approximate surface area is 104 Å². The predicted molar refractivity (Wildman–Crippen MR) is 72.8 cm³/mol. The Morgan fingerprint density at radius 3 is 2.41 bits per heavy atom. The zero-order valence-corrected chi connectivity index (χ0v) is 11.6. The Kier molecular flexibility index (Phi) is 3.41. The van der Waals surface area contributed by atoms with Crippen molar-refractivity contribution in [3.8, 4) is 0 Å². The van der Waals surface area contributed by atoms with Crippen LogP contribution in [0, 0.1) is 23.7 Å². The van der Waals surface area contributed by atoms with Crippen molar-refractivity contribution in [3.05, 3.63) is 16.5 Å². The van der Waals surface area contributed by atoms with Crippen LogP contribution in [0.5, 0.6) is 0 Å². The number of hydrogen-bond donors (Lipinski definition) is 1. The summed E-state index contributed by atoms with van der Waals surface area (Å²) in [5.74, 6) is 3.76. The van der Waals surface area contributed by atoms with Crippen LogP contribution in [0.4, 0.5) is 0 Å². The first-order chi connectivity index (χ1) is 7.97. The number of nitrogens with one attached hydrogen (secondary N) is 1. The fourth-order valence-corrected chi connectivity index (χ4v) is 2.15. The predicted octanol–water partition coefficient (Wildman–Crippen LogP) is 2.09. The van der Waals surface area contributed by atoms with Crippen LogP contribution in [0.25, 0.3) is 12.2 Å². The van der Waals surface area contributed by atoms with E-state index < -0.39 is 0 Å². The molecule has 2 heteroatoms. The maximum absolute atomic E-state index is 4.70. The molecule has 1 heterocycles. The van der Waals surface area contributed by atoms with Crippen LogP contribution in [0.1, 0.15) is 40.4 Å². The van der Waals surface area contributed by atoms with Crippen molar-refractivity contribution in [2.45, 2.75) is 41.0 Å². The van der Waals surface area contributed by atoms with E-state index >= 15 is 0 Å². The van der Waals surface area contributed by atoms with Crippen molar-refractivity contribution in [1.82, 2.24) is 9.97 Å². The molecule has 0 saturated carbocycles. The Bertz CT molecular complexity index is 460. The van der Waals surface area contributed by atoms with Gasteiger partial charge in [0.15, 0.2) is 0 Å². The van der Waals surface area contributed by atoms with Crippen LogP contribution in [-0.2, 0) is 6.42 Å². The number of fused-ring (bicyclic) bond motifs is 1. The molecule has 2 rings (SSSR count). The minimum atomic E-state index is 0.556. The van der Waals surface area contributed by atoms with Gasteiger partial charge in [-0.3, -0.25) is 0 Å². The Balaban J connectivity index is 2.16. The summed E-state index contributed by atoms with van der Waals surface area (Å²) < 4.78 is 0. The van der Waals surface area contributed by atoms with Crippen molar-refractivity contribution < 1.29 is 0 Å². The number of H-pyrrole nitrogens is 1. The van der Waals surface area contributed by atoms with E-state index in [9.17, 15) is 0 Å². The molecule has 0 bridgehead atoms. The zero-order valence-electron chi connectivity index (χ0n) is 11.6. The summed E-state index contributed by atoms with van der Waals surface area (Å²) in [6, 6.07) is 0. The third-order valence-corrected chi connectivity index (χ3v) is 3.94. The SMILES string of the molecule is CC(C)C1C=c2nc(CC(C)C(C)C)[nH]c2=C1. The highest BCUT2D eigenvalue weighted by Crippen LogP contribution is 2.16. The lowest BCUT2D eigenvalue weighted by Gasteiger charge is -2.13. The lowest BCUT2D eigenvalue weighted by Crippen LogP contribution is -2.19. The summed E-state index contributed by atoms with van der Waals surface area (Å²) in [6.45, 7) is 11.3. The average molecular weight is 232 g/mol. The molecule has 1 aliphatic rings. The molecule has 1 aromatic heterocycles. The van der Waals surface area contributed by atoms with Gasteiger partial charge in [-0.1, -0.05) is 40.7 Å². The summed E-state index contributed by atoms with van der Waals surface area (Å²) in [6.07, 6.45) is 5.66. The molecule has 0 saturated heterocycles. The van der Waals surface area contributed by atoms with Crippen molar-refractivity contribution in [2.24, 2.45) is 23.7 Å². The molecule has 0 aliphatic heterocycles. The molecule has 1 aromatic rings. The minimum Gasteiger partial charge on any atom is -0.342 e. The first-order valence-corrected chi connectivity index (χ1v) is 6.76. The fourth-order valence-electron chi connectivity index (χ4n) is 2.15. The van der Waals surface area contributed by atoms with E-state index in [-0.39, 0.29) is 0 Å². The van der Waals surface area contributed by atoms with E-state index in [1.165, 1.54) is 5.35 Å². The number of imidazole rings is 1. The van der Waals surface area contributed by atoms with Gasteiger partial charge in [-0.25, -0.2) is 4.98 Å². The summed E-state index contributed by atoms with van der Waals surface area (Å²) >= 11 is 0. The lowest BCUT2D eigenvalue weighted by atomic mass is 9.94. The van der Waals surface area contributed by atoms with Crippen LogP contribution in [0.2, 0.25) is 0 Å². The van der Waals surface area contributed by atoms with Crippen molar-refractivity contribution in [3.63, 3.8) is 0 Å². The molecule has 2 unspecified atom stereocenters. The van der Waals surface area contributed by atoms with E-state index in [4.69, 9.17) is 4.98 Å². The van der Waals surface area contributed by atoms with Crippen LogP contribution in [-0.4, -0.2) is 9.97 Å². The highest BCUT2D eigenvalue weighted by molar-refractivity contribution is 5.48. The van der Waals surface area contributed by atoms with Gasteiger partial charge in [0.05, 0.1) is 10.7 Å². The topological polar surface area (TPSA) is 28.7 Å². The highest BCUT2D eigenvalue weighted by atomic mass is 14.9. The Morgan fingerprint density at radius 2 is 1.88 bits per heavy atom. The fraction of sp³-hybridized carbons (Fsp3) is 0.667. The second-order valence-electron chi connectivity index (χ2n) is 6.06. The van der Waals surface area contributed by atoms with Gasteiger partial charge in [0.2, 0.25) is 0 Å². The molecular weight excluding hydrogens is 208 g/mol. The van der Waals surface area contributed by atoms with Gasteiger partial charge in [-0.2, -0.15) is 0 Å². The molecule has 0 fully saturated rings. The van der Waals surface area contributed by atoms with Crippen LogP contribution in [0.15, 0.2) is 0 Å². The van der Waals surface area contributed by atoms with Crippen LogP contribution >= 0.6 is 0 Å². The maximum Gasteiger partial charge on any atom is 0.107 e. The summed E-state index contributed by atoms with van der Waals surface area (Å²) in [5.41, 5.74) is 0.